The number of carbonyl (C=O) groups excluding carboxylic acids is 1. The van der Waals surface area contributed by atoms with Gasteiger partial charge in [0.2, 0.25) is 0 Å². The molecule has 2 aromatic carbocycles. The lowest BCUT2D eigenvalue weighted by molar-refractivity contribution is -0.173. The average molecular weight is 499 g/mol. The van der Waals surface area contributed by atoms with Crippen molar-refractivity contribution >= 4 is 11.7 Å². The van der Waals surface area contributed by atoms with Crippen molar-refractivity contribution in [3.63, 3.8) is 0 Å². The van der Waals surface area contributed by atoms with Crippen LogP contribution >= 0.6 is 0 Å². The van der Waals surface area contributed by atoms with Gasteiger partial charge in [0.25, 0.3) is 5.91 Å². The number of amides is 1. The van der Waals surface area contributed by atoms with Crippen LogP contribution < -0.4 is 10.6 Å². The lowest BCUT2D eigenvalue weighted by atomic mass is 9.81. The summed E-state index contributed by atoms with van der Waals surface area (Å²) in [5, 5.41) is 10.0. The monoisotopic (exact) mass is 498 g/mol. The van der Waals surface area contributed by atoms with Gasteiger partial charge in [-0.25, -0.2) is 4.68 Å². The lowest BCUT2D eigenvalue weighted by Crippen LogP contribution is -2.38. The highest BCUT2D eigenvalue weighted by Crippen LogP contribution is 2.44. The molecule has 1 aliphatic rings. The molecule has 8 heteroatoms. The number of rotatable bonds is 5. The Balaban J connectivity index is 1.55. The number of benzene rings is 2. The summed E-state index contributed by atoms with van der Waals surface area (Å²) in [4.78, 5) is 13.2. The summed E-state index contributed by atoms with van der Waals surface area (Å²) in [6.45, 7) is 10.8. The molecule has 5 nitrogen and oxygen atoms in total. The van der Waals surface area contributed by atoms with Crippen LogP contribution in [-0.4, -0.2) is 28.4 Å². The standard InChI is InChI=1S/C28H33F3N4O/c1-26(2,3)19-11-13-20(14-12-19)27(4,5)17-32-25(36)21-16-33-35-23(28(29,30)31)15-22(34-24(21)35)18-9-7-6-8-10-18/h6-14,16,22-23,34H,15,17H2,1-5H3,(H,32,36). The van der Waals surface area contributed by atoms with Gasteiger partial charge < -0.3 is 10.6 Å². The van der Waals surface area contributed by atoms with E-state index in [1.165, 1.54) is 11.8 Å². The molecule has 0 aliphatic carbocycles. The minimum absolute atomic E-state index is 0.0390. The first-order valence-electron chi connectivity index (χ1n) is 12.1. The maximum Gasteiger partial charge on any atom is 0.410 e. The van der Waals surface area contributed by atoms with E-state index in [0.717, 1.165) is 15.8 Å². The first-order valence-corrected chi connectivity index (χ1v) is 12.1. The second kappa shape index (κ2) is 9.30. The van der Waals surface area contributed by atoms with Crippen LogP contribution in [0.2, 0.25) is 0 Å². The second-order valence-electron chi connectivity index (χ2n) is 11.1. The average Bonchev–Trinajstić information content (AvgIpc) is 3.25. The zero-order valence-corrected chi connectivity index (χ0v) is 21.3. The Morgan fingerprint density at radius 2 is 1.61 bits per heavy atom. The van der Waals surface area contributed by atoms with Crippen LogP contribution in [0.4, 0.5) is 19.0 Å². The van der Waals surface area contributed by atoms with E-state index < -0.39 is 24.2 Å². The van der Waals surface area contributed by atoms with Gasteiger partial charge in [-0.15, -0.1) is 0 Å². The van der Waals surface area contributed by atoms with E-state index in [0.29, 0.717) is 6.54 Å². The number of hydrogen-bond donors (Lipinski definition) is 2. The molecule has 4 rings (SSSR count). The van der Waals surface area contributed by atoms with Gasteiger partial charge >= 0.3 is 6.18 Å². The molecular formula is C28H33F3N4O. The second-order valence-corrected chi connectivity index (χ2v) is 11.1. The summed E-state index contributed by atoms with van der Waals surface area (Å²) in [5.41, 5.74) is 2.77. The van der Waals surface area contributed by atoms with Crippen molar-refractivity contribution in [2.24, 2.45) is 0 Å². The van der Waals surface area contributed by atoms with E-state index in [1.54, 1.807) is 24.3 Å². The predicted octanol–water partition coefficient (Wildman–Crippen LogP) is 6.55. The number of fused-ring (bicyclic) bond motifs is 1. The maximum atomic E-state index is 13.9. The van der Waals surface area contributed by atoms with Gasteiger partial charge in [-0.3, -0.25) is 4.79 Å². The van der Waals surface area contributed by atoms with Gasteiger partial charge in [0.1, 0.15) is 11.4 Å². The predicted molar refractivity (Wildman–Crippen MR) is 135 cm³/mol. The summed E-state index contributed by atoms with van der Waals surface area (Å²) in [6, 6.07) is 14.9. The molecule has 3 aromatic rings. The van der Waals surface area contributed by atoms with E-state index in [-0.39, 0.29) is 28.6 Å². The summed E-state index contributed by atoms with van der Waals surface area (Å²) >= 11 is 0. The molecule has 0 bridgehead atoms. The van der Waals surface area contributed by atoms with Crippen molar-refractivity contribution in [1.82, 2.24) is 15.1 Å². The minimum Gasteiger partial charge on any atom is -0.363 e. The third-order valence-electron chi connectivity index (χ3n) is 6.91. The zero-order valence-electron chi connectivity index (χ0n) is 21.3. The van der Waals surface area contributed by atoms with E-state index in [9.17, 15) is 18.0 Å². The summed E-state index contributed by atoms with van der Waals surface area (Å²) in [5.74, 6) is -0.375. The summed E-state index contributed by atoms with van der Waals surface area (Å²) in [6.07, 6.45) is -3.49. The van der Waals surface area contributed by atoms with Crippen LogP contribution in [0.1, 0.15) is 80.2 Å². The van der Waals surface area contributed by atoms with Crippen molar-refractivity contribution in [2.45, 2.75) is 70.1 Å². The lowest BCUT2D eigenvalue weighted by Gasteiger charge is -2.34. The van der Waals surface area contributed by atoms with Crippen molar-refractivity contribution < 1.29 is 18.0 Å². The van der Waals surface area contributed by atoms with Gasteiger partial charge in [0, 0.05) is 18.4 Å². The Morgan fingerprint density at radius 3 is 2.19 bits per heavy atom. The molecule has 0 saturated heterocycles. The van der Waals surface area contributed by atoms with Crippen LogP contribution in [0, 0.1) is 0 Å². The molecule has 1 amide bonds. The number of aromatic nitrogens is 2. The number of halogens is 3. The van der Waals surface area contributed by atoms with Crippen LogP contribution in [0.15, 0.2) is 60.8 Å². The smallest absolute Gasteiger partial charge is 0.363 e. The van der Waals surface area contributed by atoms with Gasteiger partial charge in [-0.1, -0.05) is 89.2 Å². The number of nitrogens with zero attached hydrogens (tertiary/aromatic N) is 2. The molecule has 0 saturated carbocycles. The van der Waals surface area contributed by atoms with Crippen molar-refractivity contribution in [3.8, 4) is 0 Å². The molecular weight excluding hydrogens is 465 g/mol. The molecule has 192 valence electrons. The fourth-order valence-corrected chi connectivity index (χ4v) is 4.55. The highest BCUT2D eigenvalue weighted by Gasteiger charge is 2.47. The normalized spacial score (nSPS) is 18.3. The largest absolute Gasteiger partial charge is 0.410 e. The number of hydrogen-bond acceptors (Lipinski definition) is 3. The third-order valence-corrected chi connectivity index (χ3v) is 6.91. The van der Waals surface area contributed by atoms with Crippen molar-refractivity contribution in [1.29, 1.82) is 0 Å². The number of anilines is 1. The molecule has 0 fully saturated rings. The first-order chi connectivity index (χ1) is 16.8. The molecule has 0 radical (unpaired) electrons. The molecule has 36 heavy (non-hydrogen) atoms. The Morgan fingerprint density at radius 1 is 1.00 bits per heavy atom. The fourth-order valence-electron chi connectivity index (χ4n) is 4.55. The maximum absolute atomic E-state index is 13.9. The fraction of sp³-hybridized carbons (Fsp3) is 0.429. The number of carbonyl (C=O) groups is 1. The minimum atomic E-state index is -4.50. The Bertz CT molecular complexity index is 1210. The molecule has 2 atom stereocenters. The molecule has 2 N–H and O–H groups in total. The van der Waals surface area contributed by atoms with Crippen LogP contribution in [-0.2, 0) is 10.8 Å². The van der Waals surface area contributed by atoms with E-state index >= 15 is 0 Å². The van der Waals surface area contributed by atoms with E-state index in [2.05, 4.69) is 60.8 Å². The topological polar surface area (TPSA) is 59.0 Å². The quantitative estimate of drug-likeness (QED) is 0.420. The van der Waals surface area contributed by atoms with E-state index in [1.807, 2.05) is 19.9 Å². The number of alkyl halides is 3. The molecule has 1 aliphatic heterocycles. The molecule has 1 aromatic heterocycles. The number of nitrogens with one attached hydrogen (secondary N) is 2. The molecule has 2 unspecified atom stereocenters. The van der Waals surface area contributed by atoms with Gasteiger partial charge in [0.15, 0.2) is 6.04 Å². The third kappa shape index (κ3) is 5.27. The summed E-state index contributed by atoms with van der Waals surface area (Å²) < 4.78 is 42.7. The Kier molecular flexibility index (Phi) is 6.66. The summed E-state index contributed by atoms with van der Waals surface area (Å²) in [7, 11) is 0. The van der Waals surface area contributed by atoms with Crippen LogP contribution in [0.3, 0.4) is 0 Å². The zero-order chi connectivity index (χ0) is 26.3. The van der Waals surface area contributed by atoms with Crippen LogP contribution in [0.25, 0.3) is 0 Å². The van der Waals surface area contributed by atoms with Gasteiger partial charge in [0.05, 0.1) is 12.2 Å². The van der Waals surface area contributed by atoms with E-state index in [4.69, 9.17) is 0 Å². The first kappa shape index (κ1) is 25.8. The Labute approximate surface area is 210 Å². The van der Waals surface area contributed by atoms with Gasteiger partial charge in [-0.2, -0.15) is 18.3 Å². The SMILES string of the molecule is CC(C)(C)c1ccc(C(C)(C)CNC(=O)c2cnn3c2NC(c2ccccc2)CC3C(F)(F)F)cc1. The molecule has 0 spiro atoms. The Hall–Kier alpha value is -3.29. The highest BCUT2D eigenvalue weighted by molar-refractivity contribution is 5.99. The van der Waals surface area contributed by atoms with Gasteiger partial charge in [-0.05, 0) is 22.1 Å². The van der Waals surface area contributed by atoms with Crippen LogP contribution in [0.5, 0.6) is 0 Å². The van der Waals surface area contributed by atoms with Crippen molar-refractivity contribution in [2.75, 3.05) is 11.9 Å². The highest BCUT2D eigenvalue weighted by atomic mass is 19.4. The molecule has 2 heterocycles. The van der Waals surface area contributed by atoms with Crippen molar-refractivity contribution in [3.05, 3.63) is 83.0 Å².